The summed E-state index contributed by atoms with van der Waals surface area (Å²) in [6.45, 7) is 17.6. The van der Waals surface area contributed by atoms with Crippen molar-refractivity contribution < 1.29 is 23.9 Å². The third-order valence-corrected chi connectivity index (χ3v) is 10.5. The summed E-state index contributed by atoms with van der Waals surface area (Å²) >= 11 is 0. The minimum atomic E-state index is -2.11. The first kappa shape index (κ1) is 23.1. The van der Waals surface area contributed by atoms with Crippen LogP contribution in [0, 0.1) is 0 Å². The number of carbonyl (C=O) groups is 2. The highest BCUT2D eigenvalue weighted by atomic mass is 28.4. The fourth-order valence-corrected chi connectivity index (χ4v) is 3.71. The largest absolute Gasteiger partial charge is 0.481 e. The quantitative estimate of drug-likeness (QED) is 0.595. The minimum Gasteiger partial charge on any atom is -0.481 e. The second kappa shape index (κ2) is 9.00. The zero-order valence-corrected chi connectivity index (χ0v) is 18.5. The van der Waals surface area contributed by atoms with E-state index in [1.807, 2.05) is 0 Å². The molecular formula is C16H35NO5Si2. The van der Waals surface area contributed by atoms with Crippen molar-refractivity contribution in [3.05, 3.63) is 0 Å². The van der Waals surface area contributed by atoms with Crippen molar-refractivity contribution in [2.24, 2.45) is 0 Å². The fraction of sp³-hybridized carbons (Fsp3) is 0.875. The van der Waals surface area contributed by atoms with Crippen LogP contribution in [0.1, 0.15) is 27.2 Å². The van der Waals surface area contributed by atoms with Gasteiger partial charge in [0, 0.05) is 14.6 Å². The third kappa shape index (κ3) is 10.1. The van der Waals surface area contributed by atoms with E-state index in [1.54, 1.807) is 0 Å². The normalized spacial score (nSPS) is 14.2. The summed E-state index contributed by atoms with van der Waals surface area (Å²) in [4.78, 5) is 22.8. The summed E-state index contributed by atoms with van der Waals surface area (Å²) in [5.41, 5.74) is 0. The maximum atomic E-state index is 11.8. The molecule has 0 heterocycles. The van der Waals surface area contributed by atoms with Crippen LogP contribution in [0.2, 0.25) is 43.8 Å². The number of hydrogen-bond acceptors (Lipinski definition) is 4. The van der Waals surface area contributed by atoms with E-state index in [9.17, 15) is 9.59 Å². The van der Waals surface area contributed by atoms with Crippen LogP contribution < -0.4 is 5.32 Å². The molecule has 6 nitrogen and oxygen atoms in total. The molecule has 0 aromatic carbocycles. The van der Waals surface area contributed by atoms with Crippen LogP contribution in [-0.4, -0.2) is 52.8 Å². The van der Waals surface area contributed by atoms with Crippen LogP contribution in [-0.2, 0) is 14.0 Å². The number of hydrogen-bond donors (Lipinski definition) is 2. The monoisotopic (exact) mass is 377 g/mol. The van der Waals surface area contributed by atoms with Gasteiger partial charge in [0.25, 0.3) is 0 Å². The van der Waals surface area contributed by atoms with Gasteiger partial charge in [-0.1, -0.05) is 40.4 Å². The van der Waals surface area contributed by atoms with Crippen molar-refractivity contribution in [3.63, 3.8) is 0 Å². The molecule has 2 N–H and O–H groups in total. The van der Waals surface area contributed by atoms with Crippen LogP contribution in [0.25, 0.3) is 0 Å². The Hall–Kier alpha value is -0.866. The number of aliphatic carboxylic acids is 1. The molecule has 1 amide bonds. The molecule has 0 fully saturated rings. The average Bonchev–Trinajstić information content (AvgIpc) is 2.31. The molecule has 8 heteroatoms. The predicted molar refractivity (Wildman–Crippen MR) is 102 cm³/mol. The first-order valence-corrected chi connectivity index (χ1v) is 15.1. The van der Waals surface area contributed by atoms with Crippen molar-refractivity contribution >= 4 is 28.5 Å². The molecular weight excluding hydrogens is 342 g/mol. The lowest BCUT2D eigenvalue weighted by molar-refractivity contribution is -0.138. The van der Waals surface area contributed by atoms with Crippen molar-refractivity contribution in [1.82, 2.24) is 5.32 Å². The van der Waals surface area contributed by atoms with E-state index >= 15 is 0 Å². The van der Waals surface area contributed by atoms with Crippen LogP contribution in [0.5, 0.6) is 0 Å². The Morgan fingerprint density at radius 1 is 1.12 bits per heavy atom. The highest BCUT2D eigenvalue weighted by molar-refractivity contribution is 6.76. The van der Waals surface area contributed by atoms with Gasteiger partial charge in [-0.2, -0.15) is 0 Å². The van der Waals surface area contributed by atoms with Gasteiger partial charge >= 0.3 is 12.1 Å². The van der Waals surface area contributed by atoms with Gasteiger partial charge in [-0.05, 0) is 24.2 Å². The molecule has 0 aliphatic rings. The van der Waals surface area contributed by atoms with Gasteiger partial charge in [0.15, 0.2) is 8.32 Å². The van der Waals surface area contributed by atoms with Crippen LogP contribution in [0.4, 0.5) is 4.79 Å². The minimum absolute atomic E-state index is 0.0262. The summed E-state index contributed by atoms with van der Waals surface area (Å²) < 4.78 is 11.3. The van der Waals surface area contributed by atoms with Crippen molar-refractivity contribution in [3.8, 4) is 0 Å². The first-order valence-electron chi connectivity index (χ1n) is 8.44. The van der Waals surface area contributed by atoms with Gasteiger partial charge < -0.3 is 19.6 Å². The van der Waals surface area contributed by atoms with Gasteiger partial charge in [-0.25, -0.2) is 4.79 Å². The standard InChI is InChI=1S/C16H35NO5Si2/c1-16(2,3)24(7,8)22-13(11-14(18)19)12-17-15(20)21-9-10-23(4,5)6/h13H,9-12H2,1-8H3,(H,17,20)(H,18,19)/t13-/m1/s1. The van der Waals surface area contributed by atoms with Crippen molar-refractivity contribution in [2.45, 2.75) is 77.1 Å². The Morgan fingerprint density at radius 3 is 2.08 bits per heavy atom. The number of carboxylic acids is 1. The zero-order valence-electron chi connectivity index (χ0n) is 16.5. The van der Waals surface area contributed by atoms with Gasteiger partial charge in [-0.3, -0.25) is 4.79 Å². The molecule has 24 heavy (non-hydrogen) atoms. The fourth-order valence-electron chi connectivity index (χ4n) is 1.64. The van der Waals surface area contributed by atoms with Gasteiger partial charge in [0.2, 0.25) is 0 Å². The summed E-state index contributed by atoms with van der Waals surface area (Å²) in [6, 6.07) is 0.902. The van der Waals surface area contributed by atoms with E-state index in [4.69, 9.17) is 14.3 Å². The lowest BCUT2D eigenvalue weighted by atomic mass is 10.2. The first-order chi connectivity index (χ1) is 10.6. The maximum Gasteiger partial charge on any atom is 0.407 e. The molecule has 0 aromatic rings. The molecule has 142 valence electrons. The van der Waals surface area contributed by atoms with E-state index in [0.29, 0.717) is 6.61 Å². The third-order valence-electron chi connectivity index (χ3n) is 4.23. The molecule has 0 spiro atoms. The second-order valence-electron chi connectivity index (χ2n) is 8.93. The Labute approximate surface area is 148 Å². The number of ether oxygens (including phenoxy) is 1. The summed E-state index contributed by atoms with van der Waals surface area (Å²) in [5, 5.41) is 11.7. The van der Waals surface area contributed by atoms with Gasteiger partial charge in [-0.15, -0.1) is 0 Å². The number of alkyl carbamates (subject to hydrolysis) is 1. The van der Waals surface area contributed by atoms with E-state index in [1.165, 1.54) is 0 Å². The van der Waals surface area contributed by atoms with Gasteiger partial charge in [0.1, 0.15) is 0 Å². The lowest BCUT2D eigenvalue weighted by Crippen LogP contribution is -2.47. The van der Waals surface area contributed by atoms with E-state index < -0.39 is 34.6 Å². The zero-order chi connectivity index (χ0) is 19.2. The van der Waals surface area contributed by atoms with E-state index in [-0.39, 0.29) is 18.0 Å². The lowest BCUT2D eigenvalue weighted by Gasteiger charge is -2.39. The summed E-state index contributed by atoms with van der Waals surface area (Å²) in [5.74, 6) is -0.937. The van der Waals surface area contributed by atoms with Crippen LogP contribution >= 0.6 is 0 Å². The maximum absolute atomic E-state index is 11.8. The highest BCUT2D eigenvalue weighted by Gasteiger charge is 2.39. The Bertz CT molecular complexity index is 427. The average molecular weight is 378 g/mol. The number of amides is 1. The Morgan fingerprint density at radius 2 is 1.67 bits per heavy atom. The molecule has 0 unspecified atom stereocenters. The van der Waals surface area contributed by atoms with Crippen LogP contribution in [0.3, 0.4) is 0 Å². The smallest absolute Gasteiger partial charge is 0.407 e. The Kier molecular flexibility index (Phi) is 8.68. The molecule has 0 rings (SSSR count). The van der Waals surface area contributed by atoms with E-state index in [2.05, 4.69) is 58.8 Å². The highest BCUT2D eigenvalue weighted by Crippen LogP contribution is 2.37. The number of carboxylic acid groups (broad SMARTS) is 1. The topological polar surface area (TPSA) is 84.9 Å². The number of nitrogens with one attached hydrogen (secondary N) is 1. The van der Waals surface area contributed by atoms with Crippen molar-refractivity contribution in [1.29, 1.82) is 0 Å². The second-order valence-corrected chi connectivity index (χ2v) is 19.3. The number of carbonyl (C=O) groups excluding carboxylic acids is 1. The molecule has 0 aliphatic carbocycles. The molecule has 0 saturated carbocycles. The van der Waals surface area contributed by atoms with Gasteiger partial charge in [0.05, 0.1) is 19.1 Å². The molecule has 0 aliphatic heterocycles. The summed E-state index contributed by atoms with van der Waals surface area (Å²) in [6.07, 6.45) is -1.20. The molecule has 0 bridgehead atoms. The SMILES string of the molecule is CC(C)(C)[Si](C)(C)O[C@@H](CNC(=O)OCC[Si](C)(C)C)CC(=O)O. The molecule has 0 radical (unpaired) electrons. The summed E-state index contributed by atoms with van der Waals surface area (Å²) in [7, 11) is -3.35. The van der Waals surface area contributed by atoms with Crippen molar-refractivity contribution in [2.75, 3.05) is 13.2 Å². The molecule has 1 atom stereocenters. The predicted octanol–water partition coefficient (Wildman–Crippen LogP) is 3.92. The van der Waals surface area contributed by atoms with E-state index in [0.717, 1.165) is 6.04 Å². The Balaban J connectivity index is 4.54. The molecule has 0 saturated heterocycles. The van der Waals surface area contributed by atoms with Crippen LogP contribution in [0.15, 0.2) is 0 Å². The molecule has 0 aromatic heterocycles. The number of rotatable bonds is 9.